The molecule has 0 aliphatic rings. The van der Waals surface area contributed by atoms with Crippen molar-refractivity contribution in [3.05, 3.63) is 29.3 Å². The summed E-state index contributed by atoms with van der Waals surface area (Å²) in [6.07, 6.45) is 0.930. The smallest absolute Gasteiger partial charge is 0.311 e. The highest BCUT2D eigenvalue weighted by molar-refractivity contribution is 6.32. The third-order valence-electron chi connectivity index (χ3n) is 1.57. The van der Waals surface area contributed by atoms with Crippen LogP contribution in [0.15, 0.2) is 24.3 Å². The maximum atomic E-state index is 11.2. The van der Waals surface area contributed by atoms with E-state index in [1.165, 1.54) is 0 Å². The summed E-state index contributed by atoms with van der Waals surface area (Å²) in [6, 6.07) is 6.86. The molecular formula is C10H10Cl2O2. The van der Waals surface area contributed by atoms with Crippen LogP contribution in [0.2, 0.25) is 5.02 Å². The van der Waals surface area contributed by atoms with Crippen molar-refractivity contribution in [1.29, 1.82) is 0 Å². The first-order valence-corrected chi connectivity index (χ1v) is 5.16. The SMILES string of the molecule is O=C(CCCCl)Oc1ccccc1Cl. The van der Waals surface area contributed by atoms with E-state index in [0.717, 1.165) is 0 Å². The van der Waals surface area contributed by atoms with Gasteiger partial charge in [0.2, 0.25) is 0 Å². The van der Waals surface area contributed by atoms with Crippen LogP contribution in [-0.4, -0.2) is 11.8 Å². The summed E-state index contributed by atoms with van der Waals surface area (Å²) in [6.45, 7) is 0. The number of carbonyl (C=O) groups is 1. The maximum Gasteiger partial charge on any atom is 0.311 e. The largest absolute Gasteiger partial charge is 0.425 e. The van der Waals surface area contributed by atoms with Crippen LogP contribution in [0.1, 0.15) is 12.8 Å². The number of esters is 1. The van der Waals surface area contributed by atoms with E-state index in [9.17, 15) is 4.79 Å². The number of para-hydroxylation sites is 1. The van der Waals surface area contributed by atoms with Crippen molar-refractivity contribution in [3.8, 4) is 5.75 Å². The Hall–Kier alpha value is -0.730. The topological polar surface area (TPSA) is 26.3 Å². The third-order valence-corrected chi connectivity index (χ3v) is 2.15. The molecule has 76 valence electrons. The number of benzene rings is 1. The average molecular weight is 233 g/mol. The summed E-state index contributed by atoms with van der Waals surface area (Å²) >= 11 is 11.2. The molecule has 2 nitrogen and oxygen atoms in total. The third kappa shape index (κ3) is 3.56. The predicted octanol–water partition coefficient (Wildman–Crippen LogP) is 3.26. The van der Waals surface area contributed by atoms with Crippen molar-refractivity contribution in [2.75, 3.05) is 5.88 Å². The van der Waals surface area contributed by atoms with Crippen molar-refractivity contribution in [1.82, 2.24) is 0 Å². The average Bonchev–Trinajstić information content (AvgIpc) is 2.18. The maximum absolute atomic E-state index is 11.2. The molecule has 0 aliphatic carbocycles. The van der Waals surface area contributed by atoms with Crippen LogP contribution in [-0.2, 0) is 4.79 Å². The standard InChI is InChI=1S/C10H10Cl2O2/c11-7-3-6-10(13)14-9-5-2-1-4-8(9)12/h1-2,4-5H,3,6-7H2. The number of halogens is 2. The summed E-state index contributed by atoms with van der Waals surface area (Å²) in [5, 5.41) is 0.437. The number of hydrogen-bond acceptors (Lipinski definition) is 2. The molecule has 0 fully saturated rings. The molecule has 0 atom stereocenters. The summed E-state index contributed by atoms with van der Waals surface area (Å²) in [7, 11) is 0. The van der Waals surface area contributed by atoms with E-state index in [1.807, 2.05) is 0 Å². The van der Waals surface area contributed by atoms with Gasteiger partial charge in [0.05, 0.1) is 5.02 Å². The molecule has 0 aliphatic heterocycles. The van der Waals surface area contributed by atoms with E-state index in [0.29, 0.717) is 29.5 Å². The van der Waals surface area contributed by atoms with Gasteiger partial charge in [-0.25, -0.2) is 0 Å². The second-order valence-corrected chi connectivity index (χ2v) is 3.48. The van der Waals surface area contributed by atoms with Crippen LogP contribution in [0.5, 0.6) is 5.75 Å². The molecule has 14 heavy (non-hydrogen) atoms. The van der Waals surface area contributed by atoms with E-state index >= 15 is 0 Å². The normalized spacial score (nSPS) is 9.86. The van der Waals surface area contributed by atoms with Crippen molar-refractivity contribution < 1.29 is 9.53 Å². The summed E-state index contributed by atoms with van der Waals surface area (Å²) in [4.78, 5) is 11.2. The van der Waals surface area contributed by atoms with Gasteiger partial charge in [0, 0.05) is 12.3 Å². The quantitative estimate of drug-likeness (QED) is 0.453. The number of carbonyl (C=O) groups excluding carboxylic acids is 1. The monoisotopic (exact) mass is 232 g/mol. The lowest BCUT2D eigenvalue weighted by atomic mass is 10.3. The molecule has 0 saturated heterocycles. The zero-order chi connectivity index (χ0) is 10.4. The highest BCUT2D eigenvalue weighted by Crippen LogP contribution is 2.23. The number of hydrogen-bond donors (Lipinski definition) is 0. The first kappa shape index (κ1) is 11.3. The molecule has 0 saturated carbocycles. The minimum atomic E-state index is -0.307. The molecule has 0 aromatic heterocycles. The van der Waals surface area contributed by atoms with Gasteiger partial charge in [0.15, 0.2) is 0 Å². The molecule has 0 spiro atoms. The van der Waals surface area contributed by atoms with Gasteiger partial charge in [0.25, 0.3) is 0 Å². The van der Waals surface area contributed by atoms with Crippen molar-refractivity contribution >= 4 is 29.2 Å². The van der Waals surface area contributed by atoms with E-state index in [-0.39, 0.29) is 5.97 Å². The number of rotatable bonds is 4. The Balaban J connectivity index is 2.52. The van der Waals surface area contributed by atoms with Crippen LogP contribution in [0.3, 0.4) is 0 Å². The Morgan fingerprint density at radius 1 is 1.36 bits per heavy atom. The Morgan fingerprint density at radius 3 is 2.71 bits per heavy atom. The number of alkyl halides is 1. The Kier molecular flexibility index (Phi) is 4.77. The highest BCUT2D eigenvalue weighted by Gasteiger charge is 2.06. The molecule has 0 N–H and O–H groups in total. The molecule has 0 radical (unpaired) electrons. The Bertz CT molecular complexity index is 313. The van der Waals surface area contributed by atoms with Crippen molar-refractivity contribution in [2.24, 2.45) is 0 Å². The van der Waals surface area contributed by atoms with E-state index < -0.39 is 0 Å². The fourth-order valence-electron chi connectivity index (χ4n) is 0.912. The second-order valence-electron chi connectivity index (χ2n) is 2.70. The first-order valence-electron chi connectivity index (χ1n) is 4.25. The van der Waals surface area contributed by atoms with E-state index in [1.54, 1.807) is 24.3 Å². The molecule has 4 heteroatoms. The van der Waals surface area contributed by atoms with E-state index in [2.05, 4.69) is 0 Å². The van der Waals surface area contributed by atoms with Crippen molar-refractivity contribution in [2.45, 2.75) is 12.8 Å². The lowest BCUT2D eigenvalue weighted by Gasteiger charge is -2.04. The van der Waals surface area contributed by atoms with Crippen LogP contribution >= 0.6 is 23.2 Å². The summed E-state index contributed by atoms with van der Waals surface area (Å²) in [5.74, 6) is 0.546. The molecule has 0 bridgehead atoms. The molecular weight excluding hydrogens is 223 g/mol. The van der Waals surface area contributed by atoms with Gasteiger partial charge in [0.1, 0.15) is 5.75 Å². The fraction of sp³-hybridized carbons (Fsp3) is 0.300. The molecule has 0 amide bonds. The lowest BCUT2D eigenvalue weighted by molar-refractivity contribution is -0.134. The summed E-state index contributed by atoms with van der Waals surface area (Å²) in [5.41, 5.74) is 0. The van der Waals surface area contributed by atoms with Gasteiger partial charge in [-0.3, -0.25) is 4.79 Å². The second kappa shape index (κ2) is 5.89. The molecule has 1 aromatic carbocycles. The Morgan fingerprint density at radius 2 is 2.07 bits per heavy atom. The van der Waals surface area contributed by atoms with Gasteiger partial charge < -0.3 is 4.74 Å². The van der Waals surface area contributed by atoms with E-state index in [4.69, 9.17) is 27.9 Å². The molecule has 1 aromatic rings. The fourth-order valence-corrected chi connectivity index (χ4v) is 1.22. The van der Waals surface area contributed by atoms with Crippen molar-refractivity contribution in [3.63, 3.8) is 0 Å². The minimum absolute atomic E-state index is 0.307. The van der Waals surface area contributed by atoms with Gasteiger partial charge in [-0.05, 0) is 18.6 Å². The van der Waals surface area contributed by atoms with Gasteiger partial charge in [-0.1, -0.05) is 23.7 Å². The minimum Gasteiger partial charge on any atom is -0.425 e. The van der Waals surface area contributed by atoms with Gasteiger partial charge in [-0.15, -0.1) is 11.6 Å². The molecule has 0 unspecified atom stereocenters. The Labute approximate surface area is 92.8 Å². The predicted molar refractivity (Wildman–Crippen MR) is 57.0 cm³/mol. The highest BCUT2D eigenvalue weighted by atomic mass is 35.5. The number of ether oxygens (including phenoxy) is 1. The zero-order valence-corrected chi connectivity index (χ0v) is 9.02. The van der Waals surface area contributed by atoms with Gasteiger partial charge >= 0.3 is 5.97 Å². The molecule has 1 rings (SSSR count). The summed E-state index contributed by atoms with van der Waals surface area (Å²) < 4.78 is 5.02. The first-order chi connectivity index (χ1) is 6.74. The van der Waals surface area contributed by atoms with Crippen LogP contribution in [0.25, 0.3) is 0 Å². The van der Waals surface area contributed by atoms with Crippen LogP contribution in [0, 0.1) is 0 Å². The molecule has 0 heterocycles. The van der Waals surface area contributed by atoms with Crippen LogP contribution in [0.4, 0.5) is 0 Å². The van der Waals surface area contributed by atoms with Gasteiger partial charge in [-0.2, -0.15) is 0 Å². The zero-order valence-electron chi connectivity index (χ0n) is 7.50. The lowest BCUT2D eigenvalue weighted by Crippen LogP contribution is -2.07. The van der Waals surface area contributed by atoms with Crippen LogP contribution < -0.4 is 4.74 Å².